The highest BCUT2D eigenvalue weighted by Gasteiger charge is 2.25. The number of nitrogens with zero attached hydrogens (tertiary/aromatic N) is 2. The van der Waals surface area contributed by atoms with Gasteiger partial charge in [0.2, 0.25) is 0 Å². The molecule has 1 atom stereocenters. The second kappa shape index (κ2) is 5.35. The number of rotatable bonds is 3. The molecule has 5 nitrogen and oxygen atoms in total. The van der Waals surface area contributed by atoms with Crippen molar-refractivity contribution in [3.05, 3.63) is 23.4 Å². The first-order chi connectivity index (χ1) is 8.60. The predicted octanol–water partition coefficient (Wildman–Crippen LogP) is 0.823. The van der Waals surface area contributed by atoms with E-state index in [9.17, 15) is 9.90 Å². The Kier molecular flexibility index (Phi) is 3.81. The van der Waals surface area contributed by atoms with Gasteiger partial charge in [-0.1, -0.05) is 13.3 Å². The number of amides is 1. The third-order valence-corrected chi connectivity index (χ3v) is 3.10. The third-order valence-electron chi connectivity index (χ3n) is 3.10. The van der Waals surface area contributed by atoms with Crippen LogP contribution in [0.2, 0.25) is 0 Å². The molecule has 5 heteroatoms. The van der Waals surface area contributed by atoms with Crippen LogP contribution >= 0.6 is 0 Å². The molecule has 18 heavy (non-hydrogen) atoms. The van der Waals surface area contributed by atoms with Crippen LogP contribution in [0.15, 0.2) is 12.1 Å². The van der Waals surface area contributed by atoms with Gasteiger partial charge in [-0.15, -0.1) is 0 Å². The van der Waals surface area contributed by atoms with E-state index in [0.29, 0.717) is 30.9 Å². The van der Waals surface area contributed by atoms with Crippen LogP contribution < -0.4 is 5.73 Å². The average Bonchev–Trinajstić information content (AvgIpc) is 2.74. The highest BCUT2D eigenvalue weighted by atomic mass is 16.3. The molecule has 1 fully saturated rings. The Morgan fingerprint density at radius 2 is 2.39 bits per heavy atom. The van der Waals surface area contributed by atoms with Crippen molar-refractivity contribution in [1.29, 1.82) is 0 Å². The molecule has 3 N–H and O–H groups in total. The summed E-state index contributed by atoms with van der Waals surface area (Å²) in [6.45, 7) is 3.07. The molecule has 0 bridgehead atoms. The van der Waals surface area contributed by atoms with Crippen molar-refractivity contribution in [3.8, 4) is 0 Å². The van der Waals surface area contributed by atoms with Crippen molar-refractivity contribution in [2.75, 3.05) is 18.8 Å². The summed E-state index contributed by atoms with van der Waals surface area (Å²) < 4.78 is 0. The topological polar surface area (TPSA) is 79.5 Å². The minimum atomic E-state index is -0.400. The van der Waals surface area contributed by atoms with Crippen LogP contribution in [-0.2, 0) is 6.42 Å². The van der Waals surface area contributed by atoms with Crippen molar-refractivity contribution in [2.24, 2.45) is 0 Å². The molecular weight excluding hydrogens is 230 g/mol. The number of anilines is 1. The molecule has 0 aliphatic carbocycles. The summed E-state index contributed by atoms with van der Waals surface area (Å²) in [6.07, 6.45) is 2.03. The Balaban J connectivity index is 2.19. The number of β-amino-alcohol motifs (C(OH)–C–C–N with tert-alkyl or cyclic N) is 1. The van der Waals surface area contributed by atoms with Crippen LogP contribution in [0.25, 0.3) is 0 Å². The molecule has 0 radical (unpaired) electrons. The Bertz CT molecular complexity index is 448. The van der Waals surface area contributed by atoms with E-state index in [-0.39, 0.29) is 5.91 Å². The summed E-state index contributed by atoms with van der Waals surface area (Å²) in [6, 6.07) is 3.40. The lowest BCUT2D eigenvalue weighted by Crippen LogP contribution is -2.29. The Labute approximate surface area is 107 Å². The van der Waals surface area contributed by atoms with E-state index < -0.39 is 6.10 Å². The molecule has 1 aliphatic rings. The van der Waals surface area contributed by atoms with Gasteiger partial charge in [-0.25, -0.2) is 4.98 Å². The molecule has 1 saturated heterocycles. The number of hydrogen-bond donors (Lipinski definition) is 2. The molecule has 2 rings (SSSR count). The third kappa shape index (κ3) is 2.79. The molecule has 1 unspecified atom stereocenters. The van der Waals surface area contributed by atoms with Gasteiger partial charge in [0.15, 0.2) is 0 Å². The number of likely N-dealkylation sites (tertiary alicyclic amines) is 1. The van der Waals surface area contributed by atoms with Crippen LogP contribution in [0.4, 0.5) is 5.82 Å². The molecule has 1 aromatic rings. The van der Waals surface area contributed by atoms with E-state index in [0.717, 1.165) is 18.5 Å². The van der Waals surface area contributed by atoms with Gasteiger partial charge in [-0.3, -0.25) is 4.79 Å². The first kappa shape index (κ1) is 12.8. The van der Waals surface area contributed by atoms with Crippen LogP contribution in [0.5, 0.6) is 0 Å². The zero-order valence-corrected chi connectivity index (χ0v) is 10.6. The van der Waals surface area contributed by atoms with Crippen molar-refractivity contribution in [1.82, 2.24) is 9.88 Å². The summed E-state index contributed by atoms with van der Waals surface area (Å²) in [5, 5.41) is 9.46. The molecular formula is C13H19N3O2. The molecule has 0 saturated carbocycles. The molecule has 1 amide bonds. The van der Waals surface area contributed by atoms with Crippen LogP contribution in [0.3, 0.4) is 0 Å². The van der Waals surface area contributed by atoms with Gasteiger partial charge in [0.1, 0.15) is 5.82 Å². The summed E-state index contributed by atoms with van der Waals surface area (Å²) in [5.74, 6) is 0.307. The standard InChI is InChI=1S/C13H19N3O2/c1-2-3-10-6-9(7-12(14)15-10)13(18)16-5-4-11(17)8-16/h6-7,11,17H,2-5,8H2,1H3,(H2,14,15). The smallest absolute Gasteiger partial charge is 0.254 e. The summed E-state index contributed by atoms with van der Waals surface area (Å²) in [5.41, 5.74) is 7.14. The van der Waals surface area contributed by atoms with Gasteiger partial charge in [0.05, 0.1) is 6.10 Å². The van der Waals surface area contributed by atoms with E-state index in [1.807, 2.05) is 0 Å². The summed E-state index contributed by atoms with van der Waals surface area (Å²) in [7, 11) is 0. The molecule has 0 spiro atoms. The Morgan fingerprint density at radius 3 is 3.00 bits per heavy atom. The van der Waals surface area contributed by atoms with E-state index in [1.165, 1.54) is 0 Å². The van der Waals surface area contributed by atoms with Gasteiger partial charge in [-0.05, 0) is 25.0 Å². The number of nitrogen functional groups attached to an aromatic ring is 1. The SMILES string of the molecule is CCCc1cc(C(=O)N2CCC(O)C2)cc(N)n1. The number of aliphatic hydroxyl groups is 1. The maximum absolute atomic E-state index is 12.2. The number of pyridine rings is 1. The highest BCUT2D eigenvalue weighted by molar-refractivity contribution is 5.95. The second-order valence-electron chi connectivity index (χ2n) is 4.72. The fraction of sp³-hybridized carbons (Fsp3) is 0.538. The number of hydrogen-bond acceptors (Lipinski definition) is 4. The largest absolute Gasteiger partial charge is 0.391 e. The number of aliphatic hydroxyl groups excluding tert-OH is 1. The number of carbonyl (C=O) groups is 1. The first-order valence-electron chi connectivity index (χ1n) is 6.34. The summed E-state index contributed by atoms with van der Waals surface area (Å²) >= 11 is 0. The maximum Gasteiger partial charge on any atom is 0.254 e. The maximum atomic E-state index is 12.2. The zero-order chi connectivity index (χ0) is 13.1. The Hall–Kier alpha value is -1.62. The fourth-order valence-electron chi connectivity index (χ4n) is 2.23. The average molecular weight is 249 g/mol. The number of nitrogens with two attached hydrogens (primary N) is 1. The molecule has 98 valence electrons. The van der Waals surface area contributed by atoms with Crippen molar-refractivity contribution in [2.45, 2.75) is 32.3 Å². The van der Waals surface area contributed by atoms with Crippen LogP contribution in [0.1, 0.15) is 35.8 Å². The van der Waals surface area contributed by atoms with Gasteiger partial charge >= 0.3 is 0 Å². The van der Waals surface area contributed by atoms with E-state index in [2.05, 4.69) is 11.9 Å². The lowest BCUT2D eigenvalue weighted by atomic mass is 10.1. The second-order valence-corrected chi connectivity index (χ2v) is 4.72. The van der Waals surface area contributed by atoms with Crippen LogP contribution in [0, 0.1) is 0 Å². The van der Waals surface area contributed by atoms with Gasteiger partial charge in [0, 0.05) is 24.3 Å². The molecule has 1 aromatic heterocycles. The zero-order valence-electron chi connectivity index (χ0n) is 10.6. The number of carbonyl (C=O) groups excluding carboxylic acids is 1. The van der Waals surface area contributed by atoms with E-state index >= 15 is 0 Å². The van der Waals surface area contributed by atoms with Gasteiger partial charge in [-0.2, -0.15) is 0 Å². The fourth-order valence-corrected chi connectivity index (χ4v) is 2.23. The minimum Gasteiger partial charge on any atom is -0.391 e. The predicted molar refractivity (Wildman–Crippen MR) is 69.2 cm³/mol. The Morgan fingerprint density at radius 1 is 1.61 bits per heavy atom. The van der Waals surface area contributed by atoms with Gasteiger partial charge < -0.3 is 15.7 Å². The van der Waals surface area contributed by atoms with Crippen LogP contribution in [-0.4, -0.2) is 40.1 Å². The van der Waals surface area contributed by atoms with Crippen molar-refractivity contribution in [3.63, 3.8) is 0 Å². The number of aromatic nitrogens is 1. The van der Waals surface area contributed by atoms with Gasteiger partial charge in [0.25, 0.3) is 5.91 Å². The molecule has 1 aliphatic heterocycles. The summed E-state index contributed by atoms with van der Waals surface area (Å²) in [4.78, 5) is 18.1. The minimum absolute atomic E-state index is 0.0713. The molecule has 0 aromatic carbocycles. The van der Waals surface area contributed by atoms with E-state index in [4.69, 9.17) is 5.73 Å². The highest BCUT2D eigenvalue weighted by Crippen LogP contribution is 2.16. The van der Waals surface area contributed by atoms with Crippen molar-refractivity contribution >= 4 is 11.7 Å². The van der Waals surface area contributed by atoms with Crippen molar-refractivity contribution < 1.29 is 9.90 Å². The number of aryl methyl sites for hydroxylation is 1. The molecule has 2 heterocycles. The monoisotopic (exact) mass is 249 g/mol. The lowest BCUT2D eigenvalue weighted by molar-refractivity contribution is 0.0765. The lowest BCUT2D eigenvalue weighted by Gasteiger charge is -2.16. The quantitative estimate of drug-likeness (QED) is 0.831. The first-order valence-corrected chi connectivity index (χ1v) is 6.34. The normalized spacial score (nSPS) is 19.2. The van der Waals surface area contributed by atoms with E-state index in [1.54, 1.807) is 17.0 Å².